The molecule has 0 aliphatic carbocycles. The average molecular weight is 380 g/mol. The maximum absolute atomic E-state index is 12.8. The van der Waals surface area contributed by atoms with Crippen LogP contribution in [0.4, 0.5) is 5.69 Å². The van der Waals surface area contributed by atoms with E-state index in [0.717, 1.165) is 22.4 Å². The van der Waals surface area contributed by atoms with E-state index in [-0.39, 0.29) is 18.2 Å². The number of carbonyl (C=O) groups excluding carboxylic acids is 1. The topological polar surface area (TPSA) is 73.6 Å². The van der Waals surface area contributed by atoms with E-state index >= 15 is 0 Å². The Balaban J connectivity index is 1.81. The molecule has 28 heavy (non-hydrogen) atoms. The second-order valence-corrected chi connectivity index (χ2v) is 6.78. The maximum atomic E-state index is 12.8. The van der Waals surface area contributed by atoms with Gasteiger partial charge in [0.1, 0.15) is 23.9 Å². The quantitative estimate of drug-likeness (QED) is 0.668. The van der Waals surface area contributed by atoms with Gasteiger partial charge in [-0.3, -0.25) is 4.79 Å². The van der Waals surface area contributed by atoms with Crippen LogP contribution >= 0.6 is 0 Å². The first kappa shape index (κ1) is 19.5. The summed E-state index contributed by atoms with van der Waals surface area (Å²) in [5.74, 6) is 1.52. The molecule has 0 aliphatic heterocycles. The van der Waals surface area contributed by atoms with Gasteiger partial charge in [0.15, 0.2) is 5.69 Å². The number of amides is 1. The molecule has 0 spiro atoms. The Morgan fingerprint density at radius 2 is 1.75 bits per heavy atom. The van der Waals surface area contributed by atoms with Gasteiger partial charge in [0.2, 0.25) is 0 Å². The van der Waals surface area contributed by atoms with E-state index in [2.05, 4.69) is 10.5 Å². The van der Waals surface area contributed by atoms with Crippen molar-refractivity contribution in [3.8, 4) is 11.5 Å². The SMILES string of the molecule is COc1ccc(C)cc1NC(=O)c1noc(C)c1COc1cc(C)ccc1C. The maximum Gasteiger partial charge on any atom is 0.278 e. The summed E-state index contributed by atoms with van der Waals surface area (Å²) in [7, 11) is 1.56. The van der Waals surface area contributed by atoms with Crippen molar-refractivity contribution in [1.82, 2.24) is 5.16 Å². The number of hydrogen-bond acceptors (Lipinski definition) is 5. The molecule has 0 radical (unpaired) electrons. The summed E-state index contributed by atoms with van der Waals surface area (Å²) in [5, 5.41) is 6.78. The van der Waals surface area contributed by atoms with Crippen LogP contribution in [0.3, 0.4) is 0 Å². The highest BCUT2D eigenvalue weighted by Crippen LogP contribution is 2.27. The Morgan fingerprint density at radius 1 is 1.04 bits per heavy atom. The van der Waals surface area contributed by atoms with Crippen molar-refractivity contribution in [2.75, 3.05) is 12.4 Å². The van der Waals surface area contributed by atoms with Gasteiger partial charge >= 0.3 is 0 Å². The summed E-state index contributed by atoms with van der Waals surface area (Å²) in [6.07, 6.45) is 0. The molecule has 1 amide bonds. The van der Waals surface area contributed by atoms with E-state index < -0.39 is 0 Å². The number of hydrogen-bond donors (Lipinski definition) is 1. The van der Waals surface area contributed by atoms with Crippen molar-refractivity contribution in [1.29, 1.82) is 0 Å². The Kier molecular flexibility index (Phi) is 5.68. The number of aryl methyl sites for hydroxylation is 4. The molecule has 3 rings (SSSR count). The third-order valence-electron chi connectivity index (χ3n) is 4.52. The van der Waals surface area contributed by atoms with Gasteiger partial charge in [-0.2, -0.15) is 0 Å². The Bertz CT molecular complexity index is 1010. The third kappa shape index (κ3) is 4.17. The van der Waals surface area contributed by atoms with Gasteiger partial charge in [0.25, 0.3) is 5.91 Å². The van der Waals surface area contributed by atoms with Crippen LogP contribution in [-0.4, -0.2) is 18.2 Å². The van der Waals surface area contributed by atoms with E-state index in [1.54, 1.807) is 14.0 Å². The number of nitrogens with one attached hydrogen (secondary N) is 1. The van der Waals surface area contributed by atoms with E-state index in [1.807, 2.05) is 57.2 Å². The first-order valence-corrected chi connectivity index (χ1v) is 9.00. The molecule has 0 bridgehead atoms. The van der Waals surface area contributed by atoms with Gasteiger partial charge in [-0.25, -0.2) is 0 Å². The highest BCUT2D eigenvalue weighted by atomic mass is 16.5. The molecule has 0 atom stereocenters. The Labute approximate surface area is 164 Å². The minimum Gasteiger partial charge on any atom is -0.495 e. The van der Waals surface area contributed by atoms with Crippen LogP contribution in [0.1, 0.15) is 38.5 Å². The number of methoxy groups -OCH3 is 1. The summed E-state index contributed by atoms with van der Waals surface area (Å²) < 4.78 is 16.5. The minimum atomic E-state index is -0.375. The molecule has 1 heterocycles. The minimum absolute atomic E-state index is 0.188. The lowest BCUT2D eigenvalue weighted by Gasteiger charge is -2.12. The van der Waals surface area contributed by atoms with Crippen LogP contribution in [-0.2, 0) is 6.61 Å². The van der Waals surface area contributed by atoms with Crippen LogP contribution in [0, 0.1) is 27.7 Å². The predicted octanol–water partition coefficient (Wildman–Crippen LogP) is 4.75. The third-order valence-corrected chi connectivity index (χ3v) is 4.52. The normalized spacial score (nSPS) is 10.6. The average Bonchev–Trinajstić information content (AvgIpc) is 3.03. The Hall–Kier alpha value is -3.28. The van der Waals surface area contributed by atoms with Crippen LogP contribution < -0.4 is 14.8 Å². The van der Waals surface area contributed by atoms with Crippen molar-refractivity contribution in [2.24, 2.45) is 0 Å². The second-order valence-electron chi connectivity index (χ2n) is 6.78. The first-order valence-electron chi connectivity index (χ1n) is 9.00. The largest absolute Gasteiger partial charge is 0.495 e. The van der Waals surface area contributed by atoms with Gasteiger partial charge in [-0.05, 0) is 62.6 Å². The van der Waals surface area contributed by atoms with Crippen molar-refractivity contribution in [3.63, 3.8) is 0 Å². The lowest BCUT2D eigenvalue weighted by molar-refractivity contribution is 0.101. The summed E-state index contributed by atoms with van der Waals surface area (Å²) in [6.45, 7) is 7.88. The molecule has 1 N–H and O–H groups in total. The monoisotopic (exact) mass is 380 g/mol. The van der Waals surface area contributed by atoms with Gasteiger partial charge in [0.05, 0.1) is 18.4 Å². The number of anilines is 1. The number of rotatable bonds is 6. The van der Waals surface area contributed by atoms with Crippen LogP contribution in [0.25, 0.3) is 0 Å². The van der Waals surface area contributed by atoms with Gasteiger partial charge in [0, 0.05) is 0 Å². The molecule has 0 saturated heterocycles. The highest BCUT2D eigenvalue weighted by molar-refractivity contribution is 6.04. The molecule has 6 heteroatoms. The summed E-state index contributed by atoms with van der Waals surface area (Å²) in [6, 6.07) is 11.6. The van der Waals surface area contributed by atoms with Crippen LogP contribution in [0.5, 0.6) is 11.5 Å². The molecule has 3 aromatic rings. The molecule has 0 fully saturated rings. The van der Waals surface area contributed by atoms with E-state index in [4.69, 9.17) is 14.0 Å². The van der Waals surface area contributed by atoms with Gasteiger partial charge in [-0.1, -0.05) is 23.4 Å². The predicted molar refractivity (Wildman–Crippen MR) is 107 cm³/mol. The molecular weight excluding hydrogens is 356 g/mol. The first-order chi connectivity index (χ1) is 13.4. The molecule has 1 aromatic heterocycles. The zero-order valence-corrected chi connectivity index (χ0v) is 16.8. The molecular formula is C22H24N2O4. The molecule has 0 saturated carbocycles. The van der Waals surface area contributed by atoms with Gasteiger partial charge in [-0.15, -0.1) is 0 Å². The van der Waals surface area contributed by atoms with E-state index in [1.165, 1.54) is 0 Å². The van der Waals surface area contributed by atoms with E-state index in [0.29, 0.717) is 22.8 Å². The summed E-state index contributed by atoms with van der Waals surface area (Å²) in [5.41, 5.74) is 4.53. The van der Waals surface area contributed by atoms with Crippen molar-refractivity contribution >= 4 is 11.6 Å². The molecule has 0 unspecified atom stereocenters. The fraction of sp³-hybridized carbons (Fsp3) is 0.273. The van der Waals surface area contributed by atoms with E-state index in [9.17, 15) is 4.79 Å². The number of benzene rings is 2. The number of nitrogens with zero attached hydrogens (tertiary/aromatic N) is 1. The van der Waals surface area contributed by atoms with Crippen LogP contribution in [0.15, 0.2) is 40.9 Å². The van der Waals surface area contributed by atoms with Crippen molar-refractivity contribution in [3.05, 3.63) is 70.1 Å². The van der Waals surface area contributed by atoms with Crippen molar-refractivity contribution < 1.29 is 18.8 Å². The summed E-state index contributed by atoms with van der Waals surface area (Å²) >= 11 is 0. The number of ether oxygens (including phenoxy) is 2. The lowest BCUT2D eigenvalue weighted by Crippen LogP contribution is -2.16. The number of carbonyl (C=O) groups is 1. The fourth-order valence-corrected chi connectivity index (χ4v) is 2.85. The molecule has 2 aromatic carbocycles. The van der Waals surface area contributed by atoms with Crippen molar-refractivity contribution in [2.45, 2.75) is 34.3 Å². The van der Waals surface area contributed by atoms with Crippen LogP contribution in [0.2, 0.25) is 0 Å². The molecule has 6 nitrogen and oxygen atoms in total. The molecule has 146 valence electrons. The van der Waals surface area contributed by atoms with Gasteiger partial charge < -0.3 is 19.3 Å². The zero-order valence-electron chi connectivity index (χ0n) is 16.8. The summed E-state index contributed by atoms with van der Waals surface area (Å²) in [4.78, 5) is 12.8. The molecule has 0 aliphatic rings. The lowest BCUT2D eigenvalue weighted by atomic mass is 10.1. The second kappa shape index (κ2) is 8.17. The highest BCUT2D eigenvalue weighted by Gasteiger charge is 2.22. The Morgan fingerprint density at radius 3 is 2.50 bits per heavy atom. The number of aromatic nitrogens is 1. The standard InChI is InChI=1S/C22H24N2O4/c1-13-7-9-19(26-5)18(10-13)23-22(25)21-17(16(4)28-24-21)12-27-20-11-14(2)6-8-15(20)3/h6-11H,12H2,1-5H3,(H,23,25). The smallest absolute Gasteiger partial charge is 0.278 e. The zero-order chi connectivity index (χ0) is 20.3. The fourth-order valence-electron chi connectivity index (χ4n) is 2.85.